The number of hydrogen-bond acceptors (Lipinski definition) is 6. The summed E-state index contributed by atoms with van der Waals surface area (Å²) in [7, 11) is 0. The molecule has 0 aromatic heterocycles. The molecule has 1 aliphatic heterocycles. The highest BCUT2D eigenvalue weighted by Crippen LogP contribution is 2.13. The summed E-state index contributed by atoms with van der Waals surface area (Å²) in [6.45, 7) is -0.413. The van der Waals surface area contributed by atoms with Crippen LogP contribution in [-0.4, -0.2) is 69.1 Å². The van der Waals surface area contributed by atoms with Gasteiger partial charge in [-0.25, -0.2) is 0 Å². The Morgan fingerprint density at radius 3 is 2.31 bits per heavy atom. The molecule has 78 valence electrons. The molecule has 0 aromatic rings. The molecule has 0 radical (unpaired) electrons. The summed E-state index contributed by atoms with van der Waals surface area (Å²) < 4.78 is 0. The van der Waals surface area contributed by atoms with Crippen molar-refractivity contribution in [3.63, 3.8) is 0 Å². The molecule has 1 fully saturated rings. The SMILES string of the molecule is OC[C@@H](O)[C@H](O)[C@H]1NC[C@H](O)[C@@H]1O. The van der Waals surface area contributed by atoms with E-state index in [-0.39, 0.29) is 6.54 Å². The van der Waals surface area contributed by atoms with Crippen LogP contribution in [0.15, 0.2) is 0 Å². The Morgan fingerprint density at radius 1 is 1.31 bits per heavy atom. The molecule has 1 saturated heterocycles. The number of rotatable bonds is 3. The van der Waals surface area contributed by atoms with Gasteiger partial charge in [-0.1, -0.05) is 0 Å². The van der Waals surface area contributed by atoms with Crippen molar-refractivity contribution in [2.24, 2.45) is 0 Å². The molecule has 1 aliphatic rings. The van der Waals surface area contributed by atoms with Crippen LogP contribution in [0, 0.1) is 0 Å². The van der Waals surface area contributed by atoms with Crippen LogP contribution in [0.2, 0.25) is 0 Å². The van der Waals surface area contributed by atoms with Gasteiger partial charge in [0, 0.05) is 6.54 Å². The minimum absolute atomic E-state index is 0.168. The third-order valence-electron chi connectivity index (χ3n) is 2.27. The van der Waals surface area contributed by atoms with Gasteiger partial charge in [0.05, 0.1) is 24.9 Å². The van der Waals surface area contributed by atoms with Crippen LogP contribution in [0.3, 0.4) is 0 Å². The second kappa shape index (κ2) is 4.32. The van der Waals surface area contributed by atoms with Gasteiger partial charge in [-0.3, -0.25) is 0 Å². The van der Waals surface area contributed by atoms with Crippen molar-refractivity contribution in [3.8, 4) is 0 Å². The van der Waals surface area contributed by atoms with Crippen molar-refractivity contribution >= 4 is 0 Å². The van der Waals surface area contributed by atoms with Gasteiger partial charge < -0.3 is 30.8 Å². The Labute approximate surface area is 75.4 Å². The van der Waals surface area contributed by atoms with Crippen molar-refractivity contribution in [1.29, 1.82) is 0 Å². The monoisotopic (exact) mass is 193 g/mol. The Balaban J connectivity index is 2.52. The molecule has 1 heterocycles. The van der Waals surface area contributed by atoms with Gasteiger partial charge in [0.25, 0.3) is 0 Å². The number of hydrogen-bond donors (Lipinski definition) is 6. The molecule has 0 amide bonds. The molecule has 0 spiro atoms. The summed E-state index contributed by atoms with van der Waals surface area (Å²) in [4.78, 5) is 0. The summed E-state index contributed by atoms with van der Waals surface area (Å²) in [5.74, 6) is 0. The van der Waals surface area contributed by atoms with Crippen LogP contribution in [-0.2, 0) is 0 Å². The lowest BCUT2D eigenvalue weighted by Crippen LogP contribution is -2.50. The van der Waals surface area contributed by atoms with Gasteiger partial charge >= 0.3 is 0 Å². The van der Waals surface area contributed by atoms with E-state index in [1.54, 1.807) is 0 Å². The fraction of sp³-hybridized carbons (Fsp3) is 1.00. The van der Waals surface area contributed by atoms with E-state index >= 15 is 0 Å². The smallest absolute Gasteiger partial charge is 0.105 e. The molecular formula is C7H15NO5. The van der Waals surface area contributed by atoms with E-state index in [0.717, 1.165) is 0 Å². The largest absolute Gasteiger partial charge is 0.394 e. The highest BCUT2D eigenvalue weighted by molar-refractivity contribution is 4.96. The van der Waals surface area contributed by atoms with E-state index in [0.29, 0.717) is 0 Å². The fourth-order valence-electron chi connectivity index (χ4n) is 1.41. The van der Waals surface area contributed by atoms with Gasteiger partial charge in [0.15, 0.2) is 0 Å². The zero-order valence-electron chi connectivity index (χ0n) is 7.04. The number of β-amino-alcohol motifs (C(OH)–C–C–N with tert-alkyl or cyclic N) is 1. The van der Waals surface area contributed by atoms with Crippen LogP contribution in [0.25, 0.3) is 0 Å². The van der Waals surface area contributed by atoms with Crippen molar-refractivity contribution in [1.82, 2.24) is 5.32 Å². The molecule has 1 rings (SSSR count). The quantitative estimate of drug-likeness (QED) is 0.276. The van der Waals surface area contributed by atoms with E-state index in [4.69, 9.17) is 15.3 Å². The van der Waals surface area contributed by atoms with Crippen LogP contribution in [0.1, 0.15) is 0 Å². The maximum Gasteiger partial charge on any atom is 0.105 e. The van der Waals surface area contributed by atoms with E-state index in [2.05, 4.69) is 5.32 Å². The van der Waals surface area contributed by atoms with Gasteiger partial charge in [-0.2, -0.15) is 0 Å². The number of nitrogens with one attached hydrogen (secondary N) is 1. The minimum atomic E-state index is -1.31. The van der Waals surface area contributed by atoms with Gasteiger partial charge in [-0.05, 0) is 0 Å². The number of aliphatic hydroxyl groups is 5. The summed E-state index contributed by atoms with van der Waals surface area (Å²) >= 11 is 0. The maximum absolute atomic E-state index is 9.36. The topological polar surface area (TPSA) is 113 Å². The summed E-state index contributed by atoms with van der Waals surface area (Å²) in [5.41, 5.74) is 0. The minimum Gasteiger partial charge on any atom is -0.394 e. The lowest BCUT2D eigenvalue weighted by molar-refractivity contribution is -0.0593. The molecular weight excluding hydrogens is 178 g/mol. The van der Waals surface area contributed by atoms with Gasteiger partial charge in [0.1, 0.15) is 12.2 Å². The maximum atomic E-state index is 9.36. The molecule has 0 saturated carbocycles. The van der Waals surface area contributed by atoms with Crippen LogP contribution in [0.4, 0.5) is 0 Å². The van der Waals surface area contributed by atoms with Gasteiger partial charge in [-0.15, -0.1) is 0 Å². The Bertz CT molecular complexity index is 167. The molecule has 6 heteroatoms. The van der Waals surface area contributed by atoms with E-state index in [9.17, 15) is 10.2 Å². The van der Waals surface area contributed by atoms with E-state index in [1.807, 2.05) is 0 Å². The van der Waals surface area contributed by atoms with Gasteiger partial charge in [0.2, 0.25) is 0 Å². The molecule has 6 N–H and O–H groups in total. The average Bonchev–Trinajstić information content (AvgIpc) is 2.45. The Morgan fingerprint density at radius 2 is 1.92 bits per heavy atom. The first-order valence-electron chi connectivity index (χ1n) is 4.14. The lowest BCUT2D eigenvalue weighted by Gasteiger charge is -2.25. The highest BCUT2D eigenvalue weighted by atomic mass is 16.4. The third-order valence-corrected chi connectivity index (χ3v) is 2.27. The average molecular weight is 193 g/mol. The van der Waals surface area contributed by atoms with Crippen molar-refractivity contribution in [2.45, 2.75) is 30.5 Å². The third kappa shape index (κ3) is 2.16. The molecule has 13 heavy (non-hydrogen) atoms. The Hall–Kier alpha value is -0.240. The second-order valence-electron chi connectivity index (χ2n) is 3.23. The molecule has 0 bridgehead atoms. The normalized spacial score (nSPS) is 39.0. The van der Waals surface area contributed by atoms with Crippen molar-refractivity contribution in [2.75, 3.05) is 13.2 Å². The molecule has 6 nitrogen and oxygen atoms in total. The van der Waals surface area contributed by atoms with Crippen molar-refractivity contribution < 1.29 is 25.5 Å². The Kier molecular flexibility index (Phi) is 3.60. The first-order valence-corrected chi connectivity index (χ1v) is 4.14. The molecule has 0 aromatic carbocycles. The molecule has 0 aliphatic carbocycles. The molecule has 5 atom stereocenters. The van der Waals surface area contributed by atoms with Crippen LogP contribution in [0.5, 0.6) is 0 Å². The first kappa shape index (κ1) is 10.8. The zero-order chi connectivity index (χ0) is 10.0. The second-order valence-corrected chi connectivity index (χ2v) is 3.23. The number of aliphatic hydroxyl groups excluding tert-OH is 5. The predicted octanol–water partition coefficient (Wildman–Crippen LogP) is -3.61. The summed E-state index contributed by atoms with van der Waals surface area (Å²) in [6, 6.07) is -0.794. The zero-order valence-corrected chi connectivity index (χ0v) is 7.04. The standard InChI is InChI=1S/C7H15NO5/c9-2-4(11)7(13)5-6(12)3(10)1-8-5/h3-13H,1-2H2/t3-,4+,5-,6-,7-/m0/s1. The molecule has 0 unspecified atom stereocenters. The van der Waals surface area contributed by atoms with E-state index in [1.165, 1.54) is 0 Å². The highest BCUT2D eigenvalue weighted by Gasteiger charge is 2.39. The van der Waals surface area contributed by atoms with Crippen LogP contribution < -0.4 is 5.32 Å². The van der Waals surface area contributed by atoms with Crippen molar-refractivity contribution in [3.05, 3.63) is 0 Å². The lowest BCUT2D eigenvalue weighted by atomic mass is 10.0. The predicted molar refractivity (Wildman–Crippen MR) is 42.9 cm³/mol. The summed E-state index contributed by atoms with van der Waals surface area (Å²) in [5, 5.41) is 48.0. The van der Waals surface area contributed by atoms with E-state index < -0.39 is 37.1 Å². The fourth-order valence-corrected chi connectivity index (χ4v) is 1.41. The van der Waals surface area contributed by atoms with Crippen LogP contribution >= 0.6 is 0 Å². The first-order chi connectivity index (χ1) is 6.07. The summed E-state index contributed by atoms with van der Waals surface area (Å²) in [6.07, 6.45) is -4.64.